The van der Waals surface area contributed by atoms with E-state index in [1.807, 2.05) is 30.3 Å². The average molecular weight is 410 g/mol. The molecule has 146 valence electrons. The van der Waals surface area contributed by atoms with Gasteiger partial charge in [0.15, 0.2) is 0 Å². The van der Waals surface area contributed by atoms with Crippen molar-refractivity contribution in [2.45, 2.75) is 6.54 Å². The van der Waals surface area contributed by atoms with Gasteiger partial charge < -0.3 is 19.1 Å². The van der Waals surface area contributed by atoms with E-state index in [9.17, 15) is 4.79 Å². The zero-order chi connectivity index (χ0) is 20.2. The molecule has 4 aromatic rings. The van der Waals surface area contributed by atoms with Gasteiger partial charge in [-0.2, -0.15) is 4.98 Å². The highest BCUT2D eigenvalue weighted by Crippen LogP contribution is 2.27. The van der Waals surface area contributed by atoms with Gasteiger partial charge in [0.1, 0.15) is 18.0 Å². The molecule has 2 heterocycles. The molecule has 2 aromatic carbocycles. The number of benzene rings is 2. The Morgan fingerprint density at radius 3 is 2.83 bits per heavy atom. The number of carbonyl (C=O) groups excluding carboxylic acids is 1. The van der Waals surface area contributed by atoms with E-state index >= 15 is 0 Å². The van der Waals surface area contributed by atoms with Crippen molar-refractivity contribution in [3.63, 3.8) is 0 Å². The SMILES string of the molecule is COc1ccc(NC(=O)Cn2cnc(-c3noc(-c4ccccc4)n3)c2)cc1Cl. The summed E-state index contributed by atoms with van der Waals surface area (Å²) in [5.41, 5.74) is 1.91. The average Bonchev–Trinajstić information content (AvgIpc) is 3.38. The van der Waals surface area contributed by atoms with Crippen LogP contribution in [0.25, 0.3) is 23.0 Å². The topological polar surface area (TPSA) is 95.1 Å². The molecular weight excluding hydrogens is 394 g/mol. The molecule has 0 spiro atoms. The molecule has 0 aliphatic rings. The van der Waals surface area contributed by atoms with Gasteiger partial charge in [-0.3, -0.25) is 4.79 Å². The van der Waals surface area contributed by atoms with Crippen LogP contribution in [0.2, 0.25) is 5.02 Å². The second-order valence-corrected chi connectivity index (χ2v) is 6.53. The van der Waals surface area contributed by atoms with E-state index in [0.29, 0.717) is 33.9 Å². The highest BCUT2D eigenvalue weighted by atomic mass is 35.5. The van der Waals surface area contributed by atoms with Crippen LogP contribution in [0.3, 0.4) is 0 Å². The van der Waals surface area contributed by atoms with Crippen LogP contribution in [-0.2, 0) is 11.3 Å². The molecule has 2 aromatic heterocycles. The minimum atomic E-state index is -0.228. The van der Waals surface area contributed by atoms with Crippen LogP contribution in [0.15, 0.2) is 65.6 Å². The lowest BCUT2D eigenvalue weighted by Gasteiger charge is -2.08. The lowest BCUT2D eigenvalue weighted by atomic mass is 10.2. The van der Waals surface area contributed by atoms with Crippen molar-refractivity contribution in [2.75, 3.05) is 12.4 Å². The summed E-state index contributed by atoms with van der Waals surface area (Å²) in [6, 6.07) is 14.5. The third-order valence-corrected chi connectivity index (χ3v) is 4.37. The van der Waals surface area contributed by atoms with Gasteiger partial charge in [0, 0.05) is 17.4 Å². The van der Waals surface area contributed by atoms with Gasteiger partial charge in [0.05, 0.1) is 18.5 Å². The molecule has 1 N–H and O–H groups in total. The number of hydrogen-bond donors (Lipinski definition) is 1. The molecule has 8 nitrogen and oxygen atoms in total. The molecule has 0 saturated heterocycles. The Morgan fingerprint density at radius 2 is 2.07 bits per heavy atom. The van der Waals surface area contributed by atoms with Gasteiger partial charge in [0.25, 0.3) is 5.89 Å². The van der Waals surface area contributed by atoms with Crippen LogP contribution in [0.1, 0.15) is 0 Å². The summed E-state index contributed by atoms with van der Waals surface area (Å²) in [4.78, 5) is 20.9. The Kier molecular flexibility index (Phi) is 5.26. The van der Waals surface area contributed by atoms with E-state index in [1.165, 1.54) is 13.4 Å². The second kappa shape index (κ2) is 8.15. The maximum Gasteiger partial charge on any atom is 0.258 e. The van der Waals surface area contributed by atoms with Gasteiger partial charge in [0.2, 0.25) is 11.7 Å². The fourth-order valence-electron chi connectivity index (χ4n) is 2.70. The third kappa shape index (κ3) is 4.27. The quantitative estimate of drug-likeness (QED) is 0.519. The number of hydrogen-bond acceptors (Lipinski definition) is 6. The number of imidazole rings is 1. The number of carbonyl (C=O) groups is 1. The number of methoxy groups -OCH3 is 1. The van der Waals surface area contributed by atoms with E-state index in [4.69, 9.17) is 20.9 Å². The zero-order valence-corrected chi connectivity index (χ0v) is 16.1. The van der Waals surface area contributed by atoms with Crippen molar-refractivity contribution in [3.8, 4) is 28.7 Å². The molecule has 0 bridgehead atoms. The number of rotatable bonds is 6. The van der Waals surface area contributed by atoms with Crippen molar-refractivity contribution in [3.05, 3.63) is 66.1 Å². The second-order valence-electron chi connectivity index (χ2n) is 6.12. The number of anilines is 1. The molecule has 0 radical (unpaired) electrons. The number of nitrogens with one attached hydrogen (secondary N) is 1. The summed E-state index contributed by atoms with van der Waals surface area (Å²) in [6.45, 7) is 0.0695. The molecule has 0 fully saturated rings. The first-order valence-electron chi connectivity index (χ1n) is 8.67. The predicted octanol–water partition coefficient (Wildman–Crippen LogP) is 3.90. The lowest BCUT2D eigenvalue weighted by molar-refractivity contribution is -0.116. The Morgan fingerprint density at radius 1 is 1.24 bits per heavy atom. The van der Waals surface area contributed by atoms with Gasteiger partial charge in [-0.05, 0) is 30.3 Å². The molecule has 29 heavy (non-hydrogen) atoms. The maximum absolute atomic E-state index is 12.3. The van der Waals surface area contributed by atoms with E-state index in [0.717, 1.165) is 5.56 Å². The first-order chi connectivity index (χ1) is 14.1. The Balaban J connectivity index is 1.42. The van der Waals surface area contributed by atoms with E-state index in [2.05, 4.69) is 20.4 Å². The summed E-state index contributed by atoms with van der Waals surface area (Å²) in [5.74, 6) is 1.07. The normalized spacial score (nSPS) is 10.7. The summed E-state index contributed by atoms with van der Waals surface area (Å²) in [5, 5.41) is 7.16. The Labute approximate surface area is 171 Å². The Bertz CT molecular complexity index is 1140. The van der Waals surface area contributed by atoms with Crippen LogP contribution >= 0.6 is 11.6 Å². The molecule has 1 amide bonds. The molecule has 0 atom stereocenters. The third-order valence-electron chi connectivity index (χ3n) is 4.07. The van der Waals surface area contributed by atoms with Crippen LogP contribution in [0, 0.1) is 0 Å². The van der Waals surface area contributed by atoms with E-state index < -0.39 is 0 Å². The van der Waals surface area contributed by atoms with Crippen molar-refractivity contribution in [1.29, 1.82) is 0 Å². The predicted molar refractivity (Wildman–Crippen MR) is 108 cm³/mol. The molecule has 0 aliphatic carbocycles. The number of ether oxygens (including phenoxy) is 1. The first kappa shape index (κ1) is 18.7. The summed E-state index contributed by atoms with van der Waals surface area (Å²) in [6.07, 6.45) is 3.22. The lowest BCUT2D eigenvalue weighted by Crippen LogP contribution is -2.17. The maximum atomic E-state index is 12.3. The summed E-state index contributed by atoms with van der Waals surface area (Å²) in [7, 11) is 1.53. The smallest absolute Gasteiger partial charge is 0.258 e. The number of aromatic nitrogens is 4. The highest BCUT2D eigenvalue weighted by molar-refractivity contribution is 6.32. The largest absolute Gasteiger partial charge is 0.495 e. The summed E-state index contributed by atoms with van der Waals surface area (Å²) >= 11 is 6.08. The van der Waals surface area contributed by atoms with Gasteiger partial charge in [-0.15, -0.1) is 0 Å². The molecular formula is C20H16ClN5O3. The number of amides is 1. The van der Waals surface area contributed by atoms with E-state index in [1.54, 1.807) is 29.0 Å². The van der Waals surface area contributed by atoms with Gasteiger partial charge in [-0.1, -0.05) is 35.0 Å². The van der Waals surface area contributed by atoms with Crippen molar-refractivity contribution < 1.29 is 14.1 Å². The fourth-order valence-corrected chi connectivity index (χ4v) is 2.96. The number of nitrogens with zero attached hydrogens (tertiary/aromatic N) is 4. The van der Waals surface area contributed by atoms with Gasteiger partial charge >= 0.3 is 0 Å². The van der Waals surface area contributed by atoms with Crippen molar-refractivity contribution >= 4 is 23.2 Å². The molecule has 9 heteroatoms. The molecule has 4 rings (SSSR count). The minimum Gasteiger partial charge on any atom is -0.495 e. The van der Waals surface area contributed by atoms with Crippen molar-refractivity contribution in [1.82, 2.24) is 19.7 Å². The monoisotopic (exact) mass is 409 g/mol. The van der Waals surface area contributed by atoms with Crippen LogP contribution in [-0.4, -0.2) is 32.7 Å². The minimum absolute atomic E-state index is 0.0695. The van der Waals surface area contributed by atoms with Crippen molar-refractivity contribution in [2.24, 2.45) is 0 Å². The summed E-state index contributed by atoms with van der Waals surface area (Å²) < 4.78 is 12.0. The Hall–Kier alpha value is -3.65. The standard InChI is InChI=1S/C20H16ClN5O3/c1-28-17-8-7-14(9-15(17)21)23-18(27)11-26-10-16(22-12-26)19-24-20(29-25-19)13-5-3-2-4-6-13/h2-10,12H,11H2,1H3,(H,23,27). The number of halogens is 1. The molecule has 0 saturated carbocycles. The first-order valence-corrected chi connectivity index (χ1v) is 9.05. The van der Waals surface area contributed by atoms with Crippen LogP contribution in [0.5, 0.6) is 5.75 Å². The molecule has 0 unspecified atom stereocenters. The fraction of sp³-hybridized carbons (Fsp3) is 0.100. The zero-order valence-electron chi connectivity index (χ0n) is 15.4. The van der Waals surface area contributed by atoms with Crippen LogP contribution < -0.4 is 10.1 Å². The van der Waals surface area contributed by atoms with E-state index in [-0.39, 0.29) is 12.5 Å². The van der Waals surface area contributed by atoms with Gasteiger partial charge in [-0.25, -0.2) is 4.98 Å². The molecule has 0 aliphatic heterocycles. The van der Waals surface area contributed by atoms with Crippen LogP contribution in [0.4, 0.5) is 5.69 Å². The highest BCUT2D eigenvalue weighted by Gasteiger charge is 2.14.